The number of amides is 1. The molecule has 0 radical (unpaired) electrons. The summed E-state index contributed by atoms with van der Waals surface area (Å²) in [6, 6.07) is 13.4. The third-order valence-corrected chi connectivity index (χ3v) is 5.13. The molecule has 0 atom stereocenters. The molecule has 0 unspecified atom stereocenters. The number of hydrogen-bond donors (Lipinski definition) is 1. The minimum Gasteiger partial charge on any atom is -0.490 e. The molecule has 7 heteroatoms. The van der Waals surface area contributed by atoms with Gasteiger partial charge in [0, 0.05) is 19.2 Å². The first-order valence-electron chi connectivity index (χ1n) is 7.99. The van der Waals surface area contributed by atoms with Crippen LogP contribution in [0.3, 0.4) is 0 Å². The first-order valence-corrected chi connectivity index (χ1v) is 9.47. The van der Waals surface area contributed by atoms with Crippen molar-refractivity contribution in [1.82, 2.24) is 9.62 Å². The van der Waals surface area contributed by atoms with E-state index in [-0.39, 0.29) is 10.8 Å². The minimum atomic E-state index is -3.59. The summed E-state index contributed by atoms with van der Waals surface area (Å²) in [6.45, 7) is 4.42. The van der Waals surface area contributed by atoms with Crippen molar-refractivity contribution < 1.29 is 17.9 Å². The molecule has 0 bridgehead atoms. The number of carbonyl (C=O) groups excluding carboxylic acids is 1. The molecule has 0 aliphatic heterocycles. The molecular weight excluding hydrogens is 352 g/mol. The summed E-state index contributed by atoms with van der Waals surface area (Å²) in [7, 11) is -0.591. The summed E-state index contributed by atoms with van der Waals surface area (Å²) in [6.07, 6.45) is 1.67. The lowest BCUT2D eigenvalue weighted by Gasteiger charge is -2.18. The molecule has 0 saturated heterocycles. The van der Waals surface area contributed by atoms with E-state index in [1.54, 1.807) is 25.3 Å². The Morgan fingerprint density at radius 1 is 1.23 bits per heavy atom. The Morgan fingerprint density at radius 2 is 1.92 bits per heavy atom. The molecule has 138 valence electrons. The van der Waals surface area contributed by atoms with Crippen LogP contribution < -0.4 is 9.46 Å². The molecule has 0 heterocycles. The highest BCUT2D eigenvalue weighted by atomic mass is 32.2. The van der Waals surface area contributed by atoms with Crippen LogP contribution in [-0.2, 0) is 16.6 Å². The predicted molar refractivity (Wildman–Crippen MR) is 101 cm³/mol. The Kier molecular flexibility index (Phi) is 6.54. The van der Waals surface area contributed by atoms with E-state index in [4.69, 9.17) is 4.74 Å². The van der Waals surface area contributed by atoms with Crippen LogP contribution in [0.1, 0.15) is 15.9 Å². The van der Waals surface area contributed by atoms with Crippen molar-refractivity contribution in [1.29, 1.82) is 0 Å². The average molecular weight is 374 g/mol. The molecule has 0 aromatic heterocycles. The normalized spacial score (nSPS) is 11.0. The molecule has 0 aliphatic rings. The Hall–Kier alpha value is -2.64. The van der Waals surface area contributed by atoms with E-state index < -0.39 is 10.0 Å². The fraction of sp³-hybridized carbons (Fsp3) is 0.211. The van der Waals surface area contributed by atoms with Gasteiger partial charge in [0.25, 0.3) is 5.91 Å². The molecular formula is C19H22N2O4S. The van der Waals surface area contributed by atoms with Crippen molar-refractivity contribution in [3.63, 3.8) is 0 Å². The third kappa shape index (κ3) is 4.93. The van der Waals surface area contributed by atoms with Crippen LogP contribution in [0.15, 0.2) is 66.1 Å². The van der Waals surface area contributed by atoms with E-state index in [9.17, 15) is 13.2 Å². The number of ether oxygens (including phenoxy) is 1. The first kappa shape index (κ1) is 19.7. The Bertz CT molecular complexity index is 877. The fourth-order valence-corrected chi connectivity index (χ4v) is 3.10. The number of sulfonamides is 1. The quantitative estimate of drug-likeness (QED) is 0.720. The molecule has 6 nitrogen and oxygen atoms in total. The zero-order valence-corrected chi connectivity index (χ0v) is 15.6. The van der Waals surface area contributed by atoms with E-state index in [0.29, 0.717) is 18.7 Å². The van der Waals surface area contributed by atoms with Crippen molar-refractivity contribution in [3.05, 3.63) is 72.3 Å². The third-order valence-electron chi connectivity index (χ3n) is 3.72. The monoisotopic (exact) mass is 374 g/mol. The second-order valence-corrected chi connectivity index (χ2v) is 7.53. The predicted octanol–water partition coefficient (Wildman–Crippen LogP) is 2.43. The lowest BCUT2D eigenvalue weighted by Crippen LogP contribution is -2.26. The van der Waals surface area contributed by atoms with Gasteiger partial charge in [0.05, 0.1) is 4.90 Å². The highest BCUT2D eigenvalue weighted by molar-refractivity contribution is 7.89. The number of hydrogen-bond acceptors (Lipinski definition) is 4. The van der Waals surface area contributed by atoms with Gasteiger partial charge in [0.1, 0.15) is 12.4 Å². The lowest BCUT2D eigenvalue weighted by molar-refractivity contribution is 0.0785. The molecule has 0 fully saturated rings. The molecule has 2 aromatic rings. The Morgan fingerprint density at radius 3 is 2.54 bits per heavy atom. The van der Waals surface area contributed by atoms with E-state index >= 15 is 0 Å². The van der Waals surface area contributed by atoms with Gasteiger partial charge in [0.2, 0.25) is 10.0 Å². The van der Waals surface area contributed by atoms with Gasteiger partial charge >= 0.3 is 0 Å². The maximum atomic E-state index is 12.6. The summed E-state index contributed by atoms with van der Waals surface area (Å²) in [5, 5.41) is 0. The molecule has 1 N–H and O–H groups in total. The zero-order chi connectivity index (χ0) is 19.2. The molecule has 0 aliphatic carbocycles. The Balaban J connectivity index is 2.10. The lowest BCUT2D eigenvalue weighted by atomic mass is 10.1. The maximum absolute atomic E-state index is 12.6. The summed E-state index contributed by atoms with van der Waals surface area (Å²) in [4.78, 5) is 14.2. The minimum absolute atomic E-state index is 0.0583. The largest absolute Gasteiger partial charge is 0.490 e. The van der Waals surface area contributed by atoms with E-state index in [1.165, 1.54) is 24.1 Å². The maximum Gasteiger partial charge on any atom is 0.253 e. The highest BCUT2D eigenvalue weighted by Gasteiger charge is 2.17. The van der Waals surface area contributed by atoms with Gasteiger partial charge in [-0.05, 0) is 42.9 Å². The molecule has 0 saturated carbocycles. The van der Waals surface area contributed by atoms with Gasteiger partial charge in [-0.25, -0.2) is 13.1 Å². The van der Waals surface area contributed by atoms with Crippen LogP contribution >= 0.6 is 0 Å². The highest BCUT2D eigenvalue weighted by Crippen LogP contribution is 2.16. The second kappa shape index (κ2) is 8.64. The zero-order valence-electron chi connectivity index (χ0n) is 14.8. The summed E-state index contributed by atoms with van der Waals surface area (Å²) in [5.41, 5.74) is 1.25. The van der Waals surface area contributed by atoms with Crippen LogP contribution in [0.5, 0.6) is 5.75 Å². The van der Waals surface area contributed by atoms with Gasteiger partial charge in [0.15, 0.2) is 0 Å². The van der Waals surface area contributed by atoms with Crippen molar-refractivity contribution in [2.75, 3.05) is 20.7 Å². The molecule has 2 aromatic carbocycles. The fourth-order valence-electron chi connectivity index (χ4n) is 2.33. The standard InChI is InChI=1S/C19H22N2O4S/c1-4-12-25-17-10-8-15(9-11-17)14-21(3)19(22)16-6-5-7-18(13-16)26(23,24)20-2/h4-11,13,20H,1,12,14H2,2-3H3. The van der Waals surface area contributed by atoms with E-state index in [2.05, 4.69) is 11.3 Å². The number of nitrogens with one attached hydrogen (secondary N) is 1. The molecule has 2 rings (SSSR count). The van der Waals surface area contributed by atoms with Gasteiger partial charge in [-0.2, -0.15) is 0 Å². The number of carbonyl (C=O) groups is 1. The first-order chi connectivity index (χ1) is 12.4. The van der Waals surface area contributed by atoms with E-state index in [0.717, 1.165) is 11.3 Å². The van der Waals surface area contributed by atoms with Crippen molar-refractivity contribution in [3.8, 4) is 5.75 Å². The van der Waals surface area contributed by atoms with Gasteiger partial charge in [-0.3, -0.25) is 4.79 Å². The van der Waals surface area contributed by atoms with E-state index in [1.807, 2.05) is 24.3 Å². The van der Waals surface area contributed by atoms with Gasteiger partial charge in [-0.1, -0.05) is 30.9 Å². The average Bonchev–Trinajstić information content (AvgIpc) is 2.66. The summed E-state index contributed by atoms with van der Waals surface area (Å²) in [5.74, 6) is 0.470. The van der Waals surface area contributed by atoms with Gasteiger partial charge < -0.3 is 9.64 Å². The van der Waals surface area contributed by atoms with Crippen LogP contribution in [0.2, 0.25) is 0 Å². The van der Waals surface area contributed by atoms with Gasteiger partial charge in [-0.15, -0.1) is 0 Å². The van der Waals surface area contributed by atoms with Crippen molar-refractivity contribution in [2.45, 2.75) is 11.4 Å². The van der Waals surface area contributed by atoms with Crippen LogP contribution in [0, 0.1) is 0 Å². The molecule has 26 heavy (non-hydrogen) atoms. The number of nitrogens with zero attached hydrogens (tertiary/aromatic N) is 1. The number of rotatable bonds is 8. The van der Waals surface area contributed by atoms with Crippen LogP contribution in [-0.4, -0.2) is 39.9 Å². The topological polar surface area (TPSA) is 75.7 Å². The summed E-state index contributed by atoms with van der Waals surface area (Å²) >= 11 is 0. The summed E-state index contributed by atoms with van der Waals surface area (Å²) < 4.78 is 31.4. The van der Waals surface area contributed by atoms with Crippen LogP contribution in [0.25, 0.3) is 0 Å². The SMILES string of the molecule is C=CCOc1ccc(CN(C)C(=O)c2cccc(S(=O)(=O)NC)c2)cc1. The second-order valence-electron chi connectivity index (χ2n) is 5.64. The molecule has 1 amide bonds. The smallest absolute Gasteiger partial charge is 0.253 e. The van der Waals surface area contributed by atoms with Crippen molar-refractivity contribution >= 4 is 15.9 Å². The number of benzene rings is 2. The Labute approximate surface area is 154 Å². The van der Waals surface area contributed by atoms with Crippen LogP contribution in [0.4, 0.5) is 0 Å². The van der Waals surface area contributed by atoms with Crippen molar-refractivity contribution in [2.24, 2.45) is 0 Å². The molecule has 0 spiro atoms.